The van der Waals surface area contributed by atoms with E-state index in [2.05, 4.69) is 0 Å². The highest BCUT2D eigenvalue weighted by molar-refractivity contribution is 7.91. The van der Waals surface area contributed by atoms with E-state index in [4.69, 9.17) is 0 Å². The molecule has 1 radical (unpaired) electrons. The fourth-order valence-corrected chi connectivity index (χ4v) is 2.28. The van der Waals surface area contributed by atoms with Crippen LogP contribution < -0.4 is 0 Å². The molecule has 0 saturated carbocycles. The Morgan fingerprint density at radius 1 is 1.38 bits per heavy atom. The lowest BCUT2D eigenvalue weighted by Crippen LogP contribution is -2.06. The second-order valence-electron chi connectivity index (χ2n) is 2.03. The molecular weight excluding hydrogens is 128 g/mol. The van der Waals surface area contributed by atoms with Crippen LogP contribution in [0, 0.1) is 0 Å². The van der Waals surface area contributed by atoms with Crippen LogP contribution in [0.4, 0.5) is 0 Å². The number of sulfone groups is 1. The van der Waals surface area contributed by atoms with E-state index in [0.717, 1.165) is 0 Å². The quantitative estimate of drug-likeness (QED) is 0.454. The highest BCUT2D eigenvalue weighted by Gasteiger charge is 2.26. The monoisotopic (exact) mass is 135 g/mol. The first-order chi connectivity index (χ1) is 3.60. The summed E-state index contributed by atoms with van der Waals surface area (Å²) >= 11 is 0. The number of hydrogen-bond donors (Lipinski definition) is 0. The minimum Gasteiger partial charge on any atom is -0.232 e. The molecule has 1 unspecified atom stereocenters. The van der Waals surface area contributed by atoms with Crippen molar-refractivity contribution in [1.29, 1.82) is 0 Å². The average molecular weight is 135 g/mol. The summed E-state index contributed by atoms with van der Waals surface area (Å²) in [7, 11) is -2.91. The van der Waals surface area contributed by atoms with Crippen LogP contribution in [0.3, 0.4) is 0 Å². The van der Waals surface area contributed by atoms with Crippen molar-refractivity contribution < 1.29 is 13.5 Å². The van der Waals surface area contributed by atoms with Gasteiger partial charge in [0.1, 0.15) is 6.10 Å². The van der Waals surface area contributed by atoms with E-state index in [1.165, 1.54) is 0 Å². The minimum atomic E-state index is -2.91. The average Bonchev–Trinajstić information content (AvgIpc) is 1.82. The van der Waals surface area contributed by atoms with Crippen molar-refractivity contribution in [3.63, 3.8) is 0 Å². The van der Waals surface area contributed by atoms with Crippen LogP contribution in [0.15, 0.2) is 0 Å². The van der Waals surface area contributed by atoms with Gasteiger partial charge in [-0.05, 0) is 6.42 Å². The lowest BCUT2D eigenvalue weighted by molar-refractivity contribution is 0.112. The zero-order valence-electron chi connectivity index (χ0n) is 4.33. The van der Waals surface area contributed by atoms with E-state index in [1.807, 2.05) is 0 Å². The third-order valence-corrected chi connectivity index (χ3v) is 2.93. The molecule has 0 aliphatic carbocycles. The van der Waals surface area contributed by atoms with Crippen LogP contribution in [-0.4, -0.2) is 26.0 Å². The topological polar surface area (TPSA) is 54.0 Å². The van der Waals surface area contributed by atoms with Gasteiger partial charge in [0.2, 0.25) is 0 Å². The molecule has 0 aromatic heterocycles. The molecule has 0 aromatic carbocycles. The molecular formula is C4H7O3S. The lowest BCUT2D eigenvalue weighted by Gasteiger charge is -1.86. The predicted molar refractivity (Wildman–Crippen MR) is 27.7 cm³/mol. The van der Waals surface area contributed by atoms with Crippen molar-refractivity contribution in [2.45, 2.75) is 12.5 Å². The van der Waals surface area contributed by atoms with Crippen molar-refractivity contribution in [2.75, 3.05) is 11.5 Å². The molecule has 1 saturated heterocycles. The molecule has 1 aliphatic heterocycles. The van der Waals surface area contributed by atoms with Gasteiger partial charge in [-0.1, -0.05) is 0 Å². The summed E-state index contributed by atoms with van der Waals surface area (Å²) in [6.45, 7) is 0. The van der Waals surface area contributed by atoms with Crippen LogP contribution >= 0.6 is 0 Å². The van der Waals surface area contributed by atoms with Gasteiger partial charge in [-0.2, -0.15) is 0 Å². The Labute approximate surface area is 48.2 Å². The molecule has 1 fully saturated rings. The molecule has 0 bridgehead atoms. The Morgan fingerprint density at radius 3 is 2.12 bits per heavy atom. The van der Waals surface area contributed by atoms with E-state index in [1.54, 1.807) is 0 Å². The third kappa shape index (κ3) is 1.20. The molecule has 1 heterocycles. The molecule has 1 atom stereocenters. The summed E-state index contributed by atoms with van der Waals surface area (Å²) in [4.78, 5) is 0. The Hall–Kier alpha value is -0.0900. The second kappa shape index (κ2) is 1.70. The minimum absolute atomic E-state index is 0.0984. The standard InChI is InChI=1S/C4H7O3S/c5-4-1-2-8(6,7)3-4/h4H,1-3H2. The van der Waals surface area contributed by atoms with Gasteiger partial charge >= 0.3 is 0 Å². The summed E-state index contributed by atoms with van der Waals surface area (Å²) in [6.07, 6.45) is -0.539. The van der Waals surface area contributed by atoms with Crippen LogP contribution in [0.1, 0.15) is 6.42 Å². The van der Waals surface area contributed by atoms with Crippen molar-refractivity contribution in [3.05, 3.63) is 0 Å². The molecule has 0 amide bonds. The van der Waals surface area contributed by atoms with Gasteiger partial charge in [0, 0.05) is 0 Å². The zero-order chi connectivity index (χ0) is 6.20. The molecule has 8 heavy (non-hydrogen) atoms. The van der Waals surface area contributed by atoms with Crippen LogP contribution in [0.25, 0.3) is 0 Å². The van der Waals surface area contributed by atoms with Crippen LogP contribution in [0.2, 0.25) is 0 Å². The first kappa shape index (κ1) is 6.04. The van der Waals surface area contributed by atoms with Gasteiger partial charge in [-0.3, -0.25) is 0 Å². The van der Waals surface area contributed by atoms with E-state index in [0.29, 0.717) is 6.42 Å². The summed E-state index contributed by atoms with van der Waals surface area (Å²) < 4.78 is 20.9. The number of rotatable bonds is 0. The fourth-order valence-electron chi connectivity index (χ4n) is 0.761. The normalized spacial score (nSPS) is 35.4. The molecule has 4 heteroatoms. The largest absolute Gasteiger partial charge is 0.232 e. The summed E-state index contributed by atoms with van der Waals surface area (Å²) in [6, 6.07) is 0. The van der Waals surface area contributed by atoms with Crippen molar-refractivity contribution in [3.8, 4) is 0 Å². The maximum Gasteiger partial charge on any atom is 0.153 e. The lowest BCUT2D eigenvalue weighted by atomic mass is 10.3. The third-order valence-electron chi connectivity index (χ3n) is 1.19. The van der Waals surface area contributed by atoms with Crippen LogP contribution in [0.5, 0.6) is 0 Å². The van der Waals surface area contributed by atoms with Gasteiger partial charge in [0.15, 0.2) is 9.84 Å². The summed E-state index contributed by atoms with van der Waals surface area (Å²) in [5, 5.41) is 10.4. The van der Waals surface area contributed by atoms with Crippen LogP contribution in [-0.2, 0) is 14.9 Å². The summed E-state index contributed by atoms with van der Waals surface area (Å²) in [5.41, 5.74) is 0. The summed E-state index contributed by atoms with van der Waals surface area (Å²) in [5.74, 6) is -0.0475. The van der Waals surface area contributed by atoms with E-state index in [9.17, 15) is 13.5 Å². The Kier molecular flexibility index (Phi) is 1.28. The molecule has 1 rings (SSSR count). The SMILES string of the molecule is [O]C1CCS(=O)(=O)C1. The van der Waals surface area contributed by atoms with Gasteiger partial charge in [-0.15, -0.1) is 0 Å². The smallest absolute Gasteiger partial charge is 0.153 e. The molecule has 47 valence electrons. The van der Waals surface area contributed by atoms with Crippen molar-refractivity contribution >= 4 is 9.84 Å². The van der Waals surface area contributed by atoms with Crippen molar-refractivity contribution in [2.24, 2.45) is 0 Å². The van der Waals surface area contributed by atoms with Crippen molar-refractivity contribution in [1.82, 2.24) is 0 Å². The molecule has 3 nitrogen and oxygen atoms in total. The van der Waals surface area contributed by atoms with Gasteiger partial charge in [0.05, 0.1) is 11.5 Å². The van der Waals surface area contributed by atoms with Gasteiger partial charge in [0.25, 0.3) is 0 Å². The second-order valence-corrected chi connectivity index (χ2v) is 4.25. The van der Waals surface area contributed by atoms with Gasteiger partial charge in [-0.25, -0.2) is 13.5 Å². The maximum atomic E-state index is 10.4. The molecule has 1 aliphatic rings. The molecule has 0 aromatic rings. The predicted octanol–water partition coefficient (Wildman–Crippen LogP) is -0.396. The Balaban J connectivity index is 2.71. The van der Waals surface area contributed by atoms with E-state index < -0.39 is 15.9 Å². The first-order valence-corrected chi connectivity index (χ1v) is 4.28. The van der Waals surface area contributed by atoms with E-state index >= 15 is 0 Å². The zero-order valence-corrected chi connectivity index (χ0v) is 5.15. The first-order valence-electron chi connectivity index (χ1n) is 2.46. The highest BCUT2D eigenvalue weighted by atomic mass is 32.2. The number of hydrogen-bond acceptors (Lipinski definition) is 2. The fraction of sp³-hybridized carbons (Fsp3) is 1.00. The highest BCUT2D eigenvalue weighted by Crippen LogP contribution is 2.10. The maximum absolute atomic E-state index is 10.4. The molecule has 0 spiro atoms. The Bertz CT molecular complexity index is 170. The van der Waals surface area contributed by atoms with Gasteiger partial charge < -0.3 is 0 Å². The van der Waals surface area contributed by atoms with E-state index in [-0.39, 0.29) is 11.5 Å². The Morgan fingerprint density at radius 2 is 2.00 bits per heavy atom. The molecule has 0 N–H and O–H groups in total.